The second-order valence-electron chi connectivity index (χ2n) is 6.22. The summed E-state index contributed by atoms with van der Waals surface area (Å²) < 4.78 is 13.4. The van der Waals surface area contributed by atoms with E-state index in [2.05, 4.69) is 5.32 Å². The first-order valence-corrected chi connectivity index (χ1v) is 8.02. The summed E-state index contributed by atoms with van der Waals surface area (Å²) in [5, 5.41) is 3.20. The summed E-state index contributed by atoms with van der Waals surface area (Å²) in [6.45, 7) is 1.13. The normalized spacial score (nSPS) is 23.8. The molecule has 2 fully saturated rings. The Morgan fingerprint density at radius 3 is 2.81 bits per heavy atom. The predicted octanol–water partition coefficient (Wildman–Crippen LogP) is 3.23. The SMILES string of the molecule is O=C1CNC(c2cccc(F)c2)N1CCC1CCCCC1. The van der Waals surface area contributed by atoms with Crippen LogP contribution in [-0.2, 0) is 4.79 Å². The smallest absolute Gasteiger partial charge is 0.238 e. The minimum absolute atomic E-state index is 0.125. The number of hydrogen-bond acceptors (Lipinski definition) is 2. The van der Waals surface area contributed by atoms with Crippen molar-refractivity contribution in [2.75, 3.05) is 13.1 Å². The van der Waals surface area contributed by atoms with Crippen LogP contribution in [0.1, 0.15) is 50.3 Å². The number of benzene rings is 1. The van der Waals surface area contributed by atoms with Gasteiger partial charge in [0.15, 0.2) is 0 Å². The Bertz CT molecular complexity index is 499. The number of rotatable bonds is 4. The fourth-order valence-electron chi connectivity index (χ4n) is 3.57. The van der Waals surface area contributed by atoms with Crippen molar-refractivity contribution < 1.29 is 9.18 Å². The molecular formula is C17H23FN2O. The molecule has 1 saturated heterocycles. The largest absolute Gasteiger partial charge is 0.322 e. The van der Waals surface area contributed by atoms with Gasteiger partial charge >= 0.3 is 0 Å². The van der Waals surface area contributed by atoms with Crippen molar-refractivity contribution >= 4 is 5.91 Å². The Hall–Kier alpha value is -1.42. The van der Waals surface area contributed by atoms with Crippen LogP contribution in [0.3, 0.4) is 0 Å². The molecule has 21 heavy (non-hydrogen) atoms. The number of carbonyl (C=O) groups excluding carboxylic acids is 1. The van der Waals surface area contributed by atoms with E-state index >= 15 is 0 Å². The number of hydrogen-bond donors (Lipinski definition) is 1. The Balaban J connectivity index is 1.65. The lowest BCUT2D eigenvalue weighted by Gasteiger charge is -2.28. The lowest BCUT2D eigenvalue weighted by molar-refractivity contribution is -0.128. The maximum absolute atomic E-state index is 13.4. The molecule has 0 radical (unpaired) electrons. The van der Waals surface area contributed by atoms with Crippen molar-refractivity contribution in [3.8, 4) is 0 Å². The van der Waals surface area contributed by atoms with Gasteiger partial charge in [-0.05, 0) is 30.0 Å². The van der Waals surface area contributed by atoms with Crippen molar-refractivity contribution in [3.05, 3.63) is 35.6 Å². The van der Waals surface area contributed by atoms with Gasteiger partial charge in [-0.15, -0.1) is 0 Å². The summed E-state index contributed by atoms with van der Waals surface area (Å²) in [6.07, 6.45) is 7.48. The molecule has 1 saturated carbocycles. The molecule has 4 heteroatoms. The van der Waals surface area contributed by atoms with E-state index in [1.165, 1.54) is 44.2 Å². The van der Waals surface area contributed by atoms with E-state index in [1.54, 1.807) is 6.07 Å². The van der Waals surface area contributed by atoms with Crippen molar-refractivity contribution in [2.24, 2.45) is 5.92 Å². The van der Waals surface area contributed by atoms with Gasteiger partial charge in [0.05, 0.1) is 6.54 Å². The molecule has 1 aromatic carbocycles. The molecule has 0 bridgehead atoms. The highest BCUT2D eigenvalue weighted by atomic mass is 19.1. The minimum Gasteiger partial charge on any atom is -0.322 e. The van der Waals surface area contributed by atoms with Gasteiger partial charge in [0, 0.05) is 6.54 Å². The number of nitrogens with one attached hydrogen (secondary N) is 1. The molecule has 1 aliphatic carbocycles. The maximum atomic E-state index is 13.4. The number of carbonyl (C=O) groups is 1. The number of nitrogens with zero attached hydrogens (tertiary/aromatic N) is 1. The van der Waals surface area contributed by atoms with Gasteiger partial charge in [-0.1, -0.05) is 44.2 Å². The Kier molecular flexibility index (Phi) is 4.54. The first-order valence-electron chi connectivity index (χ1n) is 8.02. The summed E-state index contributed by atoms with van der Waals surface area (Å²) in [4.78, 5) is 14.0. The third-order valence-corrected chi connectivity index (χ3v) is 4.75. The Morgan fingerprint density at radius 2 is 2.05 bits per heavy atom. The highest BCUT2D eigenvalue weighted by Crippen LogP contribution is 2.29. The van der Waals surface area contributed by atoms with Crippen LogP contribution < -0.4 is 5.32 Å². The van der Waals surface area contributed by atoms with Crippen molar-refractivity contribution in [3.63, 3.8) is 0 Å². The van der Waals surface area contributed by atoms with Crippen LogP contribution in [-0.4, -0.2) is 23.9 Å². The van der Waals surface area contributed by atoms with E-state index in [-0.39, 0.29) is 17.9 Å². The van der Waals surface area contributed by atoms with Gasteiger partial charge in [0.1, 0.15) is 12.0 Å². The molecule has 1 amide bonds. The number of amides is 1. The molecule has 3 rings (SSSR count). The van der Waals surface area contributed by atoms with Gasteiger partial charge in [-0.25, -0.2) is 4.39 Å². The molecular weight excluding hydrogens is 267 g/mol. The van der Waals surface area contributed by atoms with Crippen molar-refractivity contribution in [1.82, 2.24) is 10.2 Å². The summed E-state index contributed by atoms with van der Waals surface area (Å²) >= 11 is 0. The van der Waals surface area contributed by atoms with Crippen LogP contribution in [0.4, 0.5) is 4.39 Å². The summed E-state index contributed by atoms with van der Waals surface area (Å²) in [6, 6.07) is 6.54. The van der Waals surface area contributed by atoms with Crippen LogP contribution in [0.25, 0.3) is 0 Å². The van der Waals surface area contributed by atoms with Gasteiger partial charge in [-0.2, -0.15) is 0 Å². The molecule has 1 heterocycles. The van der Waals surface area contributed by atoms with E-state index in [0.717, 1.165) is 24.4 Å². The molecule has 1 N–H and O–H groups in total. The first-order chi connectivity index (χ1) is 10.2. The Labute approximate surface area is 125 Å². The standard InChI is InChI=1S/C17H23FN2O/c18-15-8-4-7-14(11-15)17-19-12-16(21)20(17)10-9-13-5-2-1-3-6-13/h4,7-8,11,13,17,19H,1-3,5-6,9-10,12H2. The molecule has 1 aromatic rings. The molecule has 0 spiro atoms. The zero-order valence-corrected chi connectivity index (χ0v) is 12.4. The third-order valence-electron chi connectivity index (χ3n) is 4.75. The van der Waals surface area contributed by atoms with Gasteiger partial charge < -0.3 is 4.90 Å². The van der Waals surface area contributed by atoms with E-state index in [4.69, 9.17) is 0 Å². The number of halogens is 1. The van der Waals surface area contributed by atoms with E-state index in [1.807, 2.05) is 11.0 Å². The van der Waals surface area contributed by atoms with E-state index in [0.29, 0.717) is 6.54 Å². The van der Waals surface area contributed by atoms with Crippen LogP contribution in [0, 0.1) is 11.7 Å². The molecule has 0 aromatic heterocycles. The van der Waals surface area contributed by atoms with Crippen molar-refractivity contribution in [2.45, 2.75) is 44.7 Å². The highest BCUT2D eigenvalue weighted by Gasteiger charge is 2.31. The maximum Gasteiger partial charge on any atom is 0.238 e. The quantitative estimate of drug-likeness (QED) is 0.923. The average Bonchev–Trinajstić information content (AvgIpc) is 2.87. The zero-order valence-electron chi connectivity index (χ0n) is 12.4. The average molecular weight is 290 g/mol. The second kappa shape index (κ2) is 6.56. The van der Waals surface area contributed by atoms with E-state index in [9.17, 15) is 9.18 Å². The first kappa shape index (κ1) is 14.5. The summed E-state index contributed by atoms with van der Waals surface area (Å²) in [5.41, 5.74) is 0.837. The Morgan fingerprint density at radius 1 is 1.24 bits per heavy atom. The van der Waals surface area contributed by atoms with E-state index < -0.39 is 0 Å². The van der Waals surface area contributed by atoms with Crippen LogP contribution in [0.15, 0.2) is 24.3 Å². The van der Waals surface area contributed by atoms with Gasteiger partial charge in [0.25, 0.3) is 0 Å². The molecule has 1 unspecified atom stereocenters. The topological polar surface area (TPSA) is 32.3 Å². The lowest BCUT2D eigenvalue weighted by atomic mass is 9.87. The monoisotopic (exact) mass is 290 g/mol. The van der Waals surface area contributed by atoms with Crippen LogP contribution in [0.5, 0.6) is 0 Å². The second-order valence-corrected chi connectivity index (χ2v) is 6.22. The molecule has 3 nitrogen and oxygen atoms in total. The summed E-state index contributed by atoms with van der Waals surface area (Å²) in [5.74, 6) is 0.626. The third kappa shape index (κ3) is 3.43. The molecule has 1 aliphatic heterocycles. The molecule has 2 aliphatic rings. The minimum atomic E-state index is -0.249. The lowest BCUT2D eigenvalue weighted by Crippen LogP contribution is -2.32. The highest BCUT2D eigenvalue weighted by molar-refractivity contribution is 5.80. The molecule has 114 valence electrons. The fourth-order valence-corrected chi connectivity index (χ4v) is 3.57. The summed E-state index contributed by atoms with van der Waals surface area (Å²) in [7, 11) is 0. The zero-order chi connectivity index (χ0) is 14.7. The van der Waals surface area contributed by atoms with Gasteiger partial charge in [-0.3, -0.25) is 10.1 Å². The van der Waals surface area contributed by atoms with Gasteiger partial charge in [0.2, 0.25) is 5.91 Å². The van der Waals surface area contributed by atoms with Crippen LogP contribution in [0.2, 0.25) is 0 Å². The predicted molar refractivity (Wildman–Crippen MR) is 80.0 cm³/mol. The van der Waals surface area contributed by atoms with Crippen LogP contribution >= 0.6 is 0 Å². The fraction of sp³-hybridized carbons (Fsp3) is 0.588. The van der Waals surface area contributed by atoms with Crippen molar-refractivity contribution in [1.29, 1.82) is 0 Å². The molecule has 1 atom stereocenters.